The summed E-state index contributed by atoms with van der Waals surface area (Å²) in [4.78, 5) is 71.6. The Morgan fingerprint density at radius 3 is 1.97 bits per heavy atom. The zero-order valence-electron chi connectivity index (χ0n) is 47.3. The second-order valence-corrected chi connectivity index (χ2v) is 22.6. The molecule has 404 valence electrons. The summed E-state index contributed by atoms with van der Waals surface area (Å²) in [7, 11) is 2.71. The number of carbonyl (C=O) groups is 4. The van der Waals surface area contributed by atoms with E-state index in [0.717, 1.165) is 105 Å². The first-order chi connectivity index (χ1) is 36.7. The first-order valence-corrected chi connectivity index (χ1v) is 27.4. The van der Waals surface area contributed by atoms with Gasteiger partial charge in [0.25, 0.3) is 11.8 Å². The first kappa shape index (κ1) is 55.9. The highest BCUT2D eigenvalue weighted by Gasteiger charge is 2.38. The molecule has 12 heteroatoms. The largest absolute Gasteiger partial charge is 0.469 e. The summed E-state index contributed by atoms with van der Waals surface area (Å²) < 4.78 is 10.3. The van der Waals surface area contributed by atoms with Crippen LogP contribution in [-0.4, -0.2) is 71.0 Å². The molecule has 0 saturated heterocycles. The zero-order chi connectivity index (χ0) is 55.5. The van der Waals surface area contributed by atoms with Gasteiger partial charge in [-0.3, -0.25) is 24.2 Å². The average Bonchev–Trinajstić information content (AvgIpc) is 4.13. The lowest BCUT2D eigenvalue weighted by molar-refractivity contribution is -0.141. The molecule has 3 aliphatic rings. The van der Waals surface area contributed by atoms with E-state index in [1.54, 1.807) is 0 Å². The Kier molecular flexibility index (Phi) is 16.8. The van der Waals surface area contributed by atoms with Crippen molar-refractivity contribution < 1.29 is 28.7 Å². The predicted octanol–water partition coefficient (Wildman–Crippen LogP) is 12.9. The second-order valence-electron chi connectivity index (χ2n) is 22.6. The molecule has 77 heavy (non-hydrogen) atoms. The van der Waals surface area contributed by atoms with E-state index in [1.807, 2.05) is 56.3 Å². The van der Waals surface area contributed by atoms with Crippen molar-refractivity contribution in [3.63, 3.8) is 0 Å². The molecule has 0 radical (unpaired) electrons. The van der Waals surface area contributed by atoms with Crippen molar-refractivity contribution in [1.82, 2.24) is 30.6 Å². The molecular formula is C65H78N6O6. The fourth-order valence-corrected chi connectivity index (χ4v) is 11.6. The van der Waals surface area contributed by atoms with Crippen molar-refractivity contribution in [1.29, 1.82) is 0 Å². The van der Waals surface area contributed by atoms with E-state index < -0.39 is 5.97 Å². The van der Waals surface area contributed by atoms with E-state index in [1.165, 1.54) is 37.3 Å². The van der Waals surface area contributed by atoms with Crippen molar-refractivity contribution in [2.45, 2.75) is 150 Å². The number of hydrogen-bond acceptors (Lipinski definition) is 8. The highest BCUT2D eigenvalue weighted by atomic mass is 16.5. The topological polar surface area (TPSA) is 168 Å². The van der Waals surface area contributed by atoms with Crippen LogP contribution in [0.5, 0.6) is 0 Å². The number of methoxy groups -OCH3 is 2. The summed E-state index contributed by atoms with van der Waals surface area (Å²) in [5.41, 5.74) is 19.6. The summed E-state index contributed by atoms with van der Waals surface area (Å²) in [6, 6.07) is 18.6. The molecule has 2 aromatic carbocycles. The molecule has 0 spiro atoms. The molecule has 3 aromatic heterocycles. The molecule has 0 fully saturated rings. The number of nitrogens with one attached hydrogen (secondary N) is 4. The molecule has 0 unspecified atom stereocenters. The molecular weight excluding hydrogens is 961 g/mol. The Bertz CT molecular complexity index is 3380. The van der Waals surface area contributed by atoms with Gasteiger partial charge in [0.1, 0.15) is 0 Å². The van der Waals surface area contributed by atoms with Crippen LogP contribution in [0.25, 0.3) is 44.9 Å². The average molecular weight is 1040 g/mol. The maximum atomic E-state index is 14.6. The van der Waals surface area contributed by atoms with Gasteiger partial charge in [-0.2, -0.15) is 0 Å². The van der Waals surface area contributed by atoms with Crippen LogP contribution in [0.1, 0.15) is 188 Å². The van der Waals surface area contributed by atoms with Crippen LogP contribution in [0.3, 0.4) is 0 Å². The molecule has 8 bridgehead atoms. The van der Waals surface area contributed by atoms with Crippen LogP contribution in [0.2, 0.25) is 0 Å². The van der Waals surface area contributed by atoms with E-state index in [2.05, 4.69) is 100 Å². The van der Waals surface area contributed by atoms with Crippen molar-refractivity contribution in [3.05, 3.63) is 152 Å². The Balaban J connectivity index is 0.983. The molecule has 8 rings (SSSR count). The third kappa shape index (κ3) is 11.7. The lowest BCUT2D eigenvalue weighted by Gasteiger charge is -2.42. The van der Waals surface area contributed by atoms with Crippen LogP contribution in [0.15, 0.2) is 67.8 Å². The van der Waals surface area contributed by atoms with Gasteiger partial charge in [-0.05, 0) is 169 Å². The van der Waals surface area contributed by atoms with Crippen LogP contribution < -0.4 is 10.6 Å². The van der Waals surface area contributed by atoms with Gasteiger partial charge < -0.3 is 30.1 Å². The standard InChI is InChI=1S/C65H78N6O6/c1-14-46-39(5)52-32-45-31-44(24-25-57(72)76-12)60(68-45)49(34-58(73)77-13)61-59(41(7)54(71-61)36-56-47(15-2)40(6)53(70-56)35-55(46)69-52)63(75)67-29-19-17-16-18-28-66-62(74)43-22-20-42(21-23-43)38(4)48-33-51-50(30-37(48)3)64(8,9)26-27-65(51,10)11/h14,20-23,30,32-33,35-36,44,69-70H,1,4,15-19,24-29,31,34H2,2-3,5-13H3,(H,66,74)(H,67,75)/t44-/m0/s1. The molecule has 0 saturated carbocycles. The normalized spacial score (nSPS) is 15.4. The van der Waals surface area contributed by atoms with E-state index >= 15 is 0 Å². The number of H-pyrrole nitrogens is 2. The minimum absolute atomic E-state index is 0.0953. The number of ether oxygens (including phenoxy) is 2. The number of unbranched alkanes of at least 4 members (excludes halogenated alkanes) is 3. The highest BCUT2D eigenvalue weighted by molar-refractivity contribution is 6.27. The molecule has 12 nitrogen and oxygen atoms in total. The number of fused-ring (bicyclic) bond motifs is 9. The number of aryl methyl sites for hydroxylation is 4. The van der Waals surface area contributed by atoms with E-state index in [9.17, 15) is 19.2 Å². The minimum atomic E-state index is -0.506. The van der Waals surface area contributed by atoms with Crippen molar-refractivity contribution in [2.75, 3.05) is 27.3 Å². The SMILES string of the molecule is C=Cc1c(C)c2cc3nc(c(CC(=O)OC)c4nc(cc5[nH]c(cc1[nH]2)c(C)c5CC)C(C)=C4C(=O)NCCCCCCNC(=O)c1ccc(C(=C)c2cc4c(cc2C)C(C)(C)CCC4(C)C)cc1)[C@@H](CCC(=O)OC)C3. The van der Waals surface area contributed by atoms with Crippen molar-refractivity contribution in [2.24, 2.45) is 0 Å². The number of amides is 2. The monoisotopic (exact) mass is 1040 g/mol. The number of aromatic amines is 2. The van der Waals surface area contributed by atoms with Crippen LogP contribution in [-0.2, 0) is 53.9 Å². The van der Waals surface area contributed by atoms with Crippen molar-refractivity contribution >= 4 is 68.6 Å². The first-order valence-electron chi connectivity index (χ1n) is 27.4. The van der Waals surface area contributed by atoms with E-state index in [4.69, 9.17) is 19.4 Å². The summed E-state index contributed by atoms with van der Waals surface area (Å²) in [6.45, 7) is 29.3. The highest BCUT2D eigenvalue weighted by Crippen LogP contribution is 2.47. The summed E-state index contributed by atoms with van der Waals surface area (Å²) in [5, 5.41) is 6.26. The lowest BCUT2D eigenvalue weighted by Crippen LogP contribution is -2.34. The molecule has 4 N–H and O–H groups in total. The van der Waals surface area contributed by atoms with Gasteiger partial charge in [0, 0.05) is 69.9 Å². The quantitative estimate of drug-likeness (QED) is 0.0497. The smallest absolute Gasteiger partial charge is 0.310 e. The van der Waals surface area contributed by atoms with E-state index in [-0.39, 0.29) is 47.4 Å². The third-order valence-corrected chi connectivity index (χ3v) is 16.6. The Hall–Kier alpha value is -7.34. The summed E-state index contributed by atoms with van der Waals surface area (Å²) in [5.74, 6) is -1.57. The fourth-order valence-electron chi connectivity index (χ4n) is 11.6. The zero-order valence-corrected chi connectivity index (χ0v) is 47.3. The van der Waals surface area contributed by atoms with Gasteiger partial charge in [-0.25, -0.2) is 4.98 Å². The van der Waals surface area contributed by atoms with Gasteiger partial charge >= 0.3 is 11.9 Å². The Morgan fingerprint density at radius 1 is 0.727 bits per heavy atom. The number of carbonyl (C=O) groups excluding carboxylic acids is 4. The number of benzene rings is 2. The van der Waals surface area contributed by atoms with E-state index in [0.29, 0.717) is 65.3 Å². The van der Waals surface area contributed by atoms with Crippen LogP contribution in [0.4, 0.5) is 0 Å². The number of esters is 2. The van der Waals surface area contributed by atoms with Crippen LogP contribution >= 0.6 is 0 Å². The van der Waals surface area contributed by atoms with Crippen molar-refractivity contribution in [3.8, 4) is 0 Å². The molecule has 2 aliphatic heterocycles. The molecule has 2 amide bonds. The summed E-state index contributed by atoms with van der Waals surface area (Å²) >= 11 is 0. The van der Waals surface area contributed by atoms with Gasteiger partial charge in [0.15, 0.2) is 0 Å². The second kappa shape index (κ2) is 23.1. The number of nitrogens with zero attached hydrogens (tertiary/aromatic N) is 2. The van der Waals surface area contributed by atoms with Gasteiger partial charge in [-0.15, -0.1) is 0 Å². The summed E-state index contributed by atoms with van der Waals surface area (Å²) in [6.07, 6.45) is 8.95. The number of rotatable bonds is 18. The molecule has 5 heterocycles. The molecule has 5 aromatic rings. The van der Waals surface area contributed by atoms with Gasteiger partial charge in [-0.1, -0.05) is 91.0 Å². The third-order valence-electron chi connectivity index (χ3n) is 16.6. The number of hydrogen-bond donors (Lipinski definition) is 4. The Labute approximate surface area is 454 Å². The lowest BCUT2D eigenvalue weighted by atomic mass is 9.62. The number of allylic oxidation sites excluding steroid dienone is 1. The van der Waals surface area contributed by atoms with Crippen LogP contribution in [0, 0.1) is 20.8 Å². The molecule has 1 aliphatic carbocycles. The predicted molar refractivity (Wildman–Crippen MR) is 311 cm³/mol. The van der Waals surface area contributed by atoms with Gasteiger partial charge in [0.05, 0.1) is 43.3 Å². The fraction of sp³-hybridized carbons (Fsp3) is 0.415. The van der Waals surface area contributed by atoms with Gasteiger partial charge in [0.2, 0.25) is 0 Å². The maximum Gasteiger partial charge on any atom is 0.310 e. The molecule has 1 atom stereocenters. The maximum absolute atomic E-state index is 14.6. The Morgan fingerprint density at radius 2 is 1.34 bits per heavy atom. The minimum Gasteiger partial charge on any atom is -0.469 e. The number of aromatic nitrogens is 4.